The second-order valence-corrected chi connectivity index (χ2v) is 21.7. The van der Waals surface area contributed by atoms with Crippen LogP contribution in [0.1, 0.15) is 72.1 Å². The summed E-state index contributed by atoms with van der Waals surface area (Å²) in [5.74, 6) is -5.20. The fourth-order valence-corrected chi connectivity index (χ4v) is 10.2. The van der Waals surface area contributed by atoms with Crippen molar-refractivity contribution in [2.75, 3.05) is 113 Å². The van der Waals surface area contributed by atoms with Gasteiger partial charge in [-0.3, -0.25) is 38.4 Å². The Labute approximate surface area is 514 Å². The number of ether oxygens (including phenoxy) is 10. The van der Waals surface area contributed by atoms with Gasteiger partial charge in [-0.05, 0) is 38.5 Å². The van der Waals surface area contributed by atoms with Crippen LogP contribution < -0.4 is 42.5 Å². The number of hydrogen-bond acceptors (Lipinski definition) is 27. The number of nitrogens with one attached hydrogen (secondary N) is 8. The summed E-state index contributed by atoms with van der Waals surface area (Å²) in [5, 5.41) is 112. The predicted octanol–water partition coefficient (Wildman–Crippen LogP) is -9.00. The van der Waals surface area contributed by atoms with Gasteiger partial charge in [0.05, 0.1) is 92.0 Å². The van der Waals surface area contributed by atoms with Crippen LogP contribution in [-0.4, -0.2) is 309 Å². The molecule has 4 fully saturated rings. The molecule has 0 bridgehead atoms. The Kier molecular flexibility index (Phi) is 34.4. The summed E-state index contributed by atoms with van der Waals surface area (Å²) in [6.07, 6.45) is -14.4. The average molecular weight is 1290 g/mol. The van der Waals surface area contributed by atoms with Gasteiger partial charge in [0.15, 0.2) is 18.3 Å². The Morgan fingerprint density at radius 3 is 1.45 bits per heavy atom. The Hall–Kier alpha value is -5.00. The topological polar surface area (TPSA) is 507 Å². The first kappa shape index (κ1) is 76.5. The highest BCUT2D eigenvalue weighted by atomic mass is 16.7. The van der Waals surface area contributed by atoms with E-state index in [1.54, 1.807) is 7.11 Å². The summed E-state index contributed by atoms with van der Waals surface area (Å²) < 4.78 is 55.6. The van der Waals surface area contributed by atoms with Crippen molar-refractivity contribution in [2.24, 2.45) is 5.92 Å². The maximum Gasteiger partial charge on any atom is 0.242 e. The van der Waals surface area contributed by atoms with Gasteiger partial charge in [0.1, 0.15) is 79.1 Å². The minimum atomic E-state index is -1.86. The lowest BCUT2D eigenvalue weighted by molar-refractivity contribution is -0.272. The lowest BCUT2D eigenvalue weighted by Crippen LogP contribution is -2.70. The first-order valence-electron chi connectivity index (χ1n) is 29.7. The van der Waals surface area contributed by atoms with Crippen molar-refractivity contribution in [1.29, 1.82) is 0 Å². The highest BCUT2D eigenvalue weighted by molar-refractivity contribution is 5.90. The molecule has 512 valence electrons. The van der Waals surface area contributed by atoms with Crippen LogP contribution in [0.4, 0.5) is 0 Å². The van der Waals surface area contributed by atoms with E-state index in [-0.39, 0.29) is 104 Å². The third kappa shape index (κ3) is 25.2. The molecule has 1 aliphatic carbocycles. The number of methoxy groups -OCH3 is 1. The van der Waals surface area contributed by atoms with Crippen molar-refractivity contribution in [3.05, 3.63) is 0 Å². The molecule has 4 aliphatic rings. The Morgan fingerprint density at radius 1 is 0.528 bits per heavy atom. The quantitative estimate of drug-likeness (QED) is 0.0201. The third-order valence-corrected chi connectivity index (χ3v) is 15.0. The third-order valence-electron chi connectivity index (χ3n) is 15.0. The van der Waals surface area contributed by atoms with Gasteiger partial charge in [0.2, 0.25) is 47.3 Å². The number of amides is 8. The van der Waals surface area contributed by atoms with Gasteiger partial charge in [-0.25, -0.2) is 0 Å². The maximum absolute atomic E-state index is 13.7. The van der Waals surface area contributed by atoms with Crippen LogP contribution in [-0.2, 0) is 85.7 Å². The fourth-order valence-electron chi connectivity index (χ4n) is 10.2. The van der Waals surface area contributed by atoms with Gasteiger partial charge < -0.3 is 136 Å². The van der Waals surface area contributed by atoms with E-state index in [1.807, 2.05) is 0 Å². The minimum absolute atomic E-state index is 0.00978. The molecule has 89 heavy (non-hydrogen) atoms. The second-order valence-electron chi connectivity index (χ2n) is 21.7. The highest BCUT2D eigenvalue weighted by Crippen LogP contribution is 2.28. The molecule has 0 spiro atoms. The van der Waals surface area contributed by atoms with Crippen molar-refractivity contribution in [1.82, 2.24) is 42.5 Å². The molecule has 16 atom stereocenters. The number of carbonyl (C=O) groups is 8. The zero-order chi connectivity index (χ0) is 65.6. The van der Waals surface area contributed by atoms with E-state index in [2.05, 4.69) is 42.5 Å². The van der Waals surface area contributed by atoms with Crippen LogP contribution in [0.15, 0.2) is 0 Å². The lowest BCUT2D eigenvalue weighted by atomic mass is 9.86. The van der Waals surface area contributed by atoms with Crippen molar-refractivity contribution in [3.8, 4) is 0 Å². The first-order valence-corrected chi connectivity index (χ1v) is 29.7. The molecule has 8 amide bonds. The lowest BCUT2D eigenvalue weighted by Gasteiger charge is -2.45. The Bertz CT molecular complexity index is 2190. The summed E-state index contributed by atoms with van der Waals surface area (Å²) >= 11 is 0. The molecule has 0 aromatic rings. The number of hydrogen-bond donors (Lipinski definition) is 17. The van der Waals surface area contributed by atoms with Crippen molar-refractivity contribution >= 4 is 47.3 Å². The molecule has 16 unspecified atom stereocenters. The molecule has 35 heteroatoms. The molecule has 3 heterocycles. The van der Waals surface area contributed by atoms with Gasteiger partial charge >= 0.3 is 0 Å². The zero-order valence-electron chi connectivity index (χ0n) is 50.7. The van der Waals surface area contributed by atoms with Crippen molar-refractivity contribution in [2.45, 2.75) is 176 Å². The summed E-state index contributed by atoms with van der Waals surface area (Å²) in [6, 6.07) is -4.92. The average Bonchev–Trinajstić information content (AvgIpc) is 1.27. The summed E-state index contributed by atoms with van der Waals surface area (Å²) in [5.41, 5.74) is -1.86. The van der Waals surface area contributed by atoms with E-state index in [0.29, 0.717) is 25.7 Å². The zero-order valence-corrected chi connectivity index (χ0v) is 50.7. The summed E-state index contributed by atoms with van der Waals surface area (Å²) in [7, 11) is 1.58. The minimum Gasteiger partial charge on any atom is -0.394 e. The number of aliphatic hydroxyl groups is 9. The molecule has 1 saturated carbocycles. The molecule has 0 radical (unpaired) electrons. The van der Waals surface area contributed by atoms with Crippen LogP contribution in [0.5, 0.6) is 0 Å². The Balaban J connectivity index is 1.33. The fraction of sp³-hybridized carbons (Fsp3) is 0.852. The maximum atomic E-state index is 13.7. The van der Waals surface area contributed by atoms with Gasteiger partial charge in [0, 0.05) is 66.3 Å². The SMILES string of the molecule is COC1CCC(C(=O)NC(CCC(=O)NC(CCC(=O)NCCOCCOC2OC(CO)C(O)C(O)C2NC(C)=O)C(=O)NCCOCCOC2OC(CO)C(O)C(O)C2NC(C)=O)C(=O)NCCOCCOC2(NC(C)=O)COC(CO)C(O)C2O)CC1. The van der Waals surface area contributed by atoms with Crippen LogP contribution in [0, 0.1) is 5.92 Å². The monoisotopic (exact) mass is 1290 g/mol. The molecular weight excluding hydrogens is 1190 g/mol. The smallest absolute Gasteiger partial charge is 0.242 e. The van der Waals surface area contributed by atoms with Gasteiger partial charge in [-0.1, -0.05) is 0 Å². The molecular formula is C54H94N8O27. The molecule has 4 rings (SSSR count). The van der Waals surface area contributed by atoms with Crippen LogP contribution in [0.2, 0.25) is 0 Å². The molecule has 3 saturated heterocycles. The van der Waals surface area contributed by atoms with E-state index in [9.17, 15) is 84.3 Å². The van der Waals surface area contributed by atoms with Gasteiger partial charge in [-0.2, -0.15) is 0 Å². The van der Waals surface area contributed by atoms with E-state index < -0.39 is 183 Å². The molecule has 0 aromatic heterocycles. The van der Waals surface area contributed by atoms with E-state index in [0.717, 1.165) is 0 Å². The van der Waals surface area contributed by atoms with Gasteiger partial charge in [-0.15, -0.1) is 0 Å². The molecule has 3 aliphatic heterocycles. The Morgan fingerprint density at radius 2 is 0.989 bits per heavy atom. The van der Waals surface area contributed by atoms with E-state index in [4.69, 9.17) is 47.4 Å². The predicted molar refractivity (Wildman–Crippen MR) is 301 cm³/mol. The second kappa shape index (κ2) is 40.1. The van der Waals surface area contributed by atoms with Crippen LogP contribution in [0.25, 0.3) is 0 Å². The largest absolute Gasteiger partial charge is 0.394 e. The molecule has 17 N–H and O–H groups in total. The first-order chi connectivity index (χ1) is 42.5. The van der Waals surface area contributed by atoms with E-state index in [1.165, 1.54) is 20.8 Å². The summed E-state index contributed by atoms with van der Waals surface area (Å²) in [6.45, 7) is 0.0551. The van der Waals surface area contributed by atoms with Crippen molar-refractivity contribution in [3.63, 3.8) is 0 Å². The van der Waals surface area contributed by atoms with Crippen LogP contribution >= 0.6 is 0 Å². The van der Waals surface area contributed by atoms with Crippen LogP contribution in [0.3, 0.4) is 0 Å². The number of rotatable bonds is 39. The normalized spacial score (nSPS) is 30.2. The standard InChI is InChI=1S/C54H94N8O27/c1-29(66)58-41-46(74)43(71)37(26-64)88-52(41)84-22-19-81-16-13-55-39(69)11-9-34(50(78)56-14-17-82-20-23-85-53-42(59-30(2)67)47(75)44(72)38(27-65)89-53)60-40(70)12-10-35(61-49(77)32-5-7-33(80-4)8-6-32)51(79)57-15-18-83-21-24-87-54(62-31(3)68)28-86-36(25-63)45(73)48(54)76/h32-38,41-48,52-53,63-65,71-76H,5-28H2,1-4H3,(H,55,69)(H,56,78)(H,57,79)(H,58,66)(H,59,67)(H,60,70)(H,61,77)(H,62,68). The molecule has 35 nitrogen and oxygen atoms in total. The highest BCUT2D eigenvalue weighted by Gasteiger charge is 2.52. The van der Waals surface area contributed by atoms with Crippen molar-refractivity contribution < 1.29 is 132 Å². The summed E-state index contributed by atoms with van der Waals surface area (Å²) in [4.78, 5) is 103. The number of aliphatic hydroxyl groups excluding tert-OH is 9. The number of carbonyl (C=O) groups excluding carboxylic acids is 8. The molecule has 0 aromatic carbocycles. The van der Waals surface area contributed by atoms with Gasteiger partial charge in [0.25, 0.3) is 0 Å². The van der Waals surface area contributed by atoms with E-state index >= 15 is 0 Å².